The Bertz CT molecular complexity index is 1430. The predicted molar refractivity (Wildman–Crippen MR) is 133 cm³/mol. The molecule has 1 saturated heterocycles. The maximum Gasteiger partial charge on any atom is 0.298 e. The first-order valence-electron chi connectivity index (χ1n) is 11.5. The van der Waals surface area contributed by atoms with Crippen LogP contribution in [0, 0.1) is 11.8 Å². The van der Waals surface area contributed by atoms with E-state index in [4.69, 9.17) is 5.10 Å². The van der Waals surface area contributed by atoms with E-state index >= 15 is 0 Å². The van der Waals surface area contributed by atoms with Gasteiger partial charge in [-0.25, -0.2) is 4.98 Å². The number of hydrogen-bond donors (Lipinski definition) is 1. The normalized spacial score (nSPS) is 15.3. The number of hydrogen-bond acceptors (Lipinski definition) is 5. The van der Waals surface area contributed by atoms with Crippen molar-refractivity contribution in [1.29, 1.82) is 0 Å². The summed E-state index contributed by atoms with van der Waals surface area (Å²) in [5.74, 6) is 5.47. The van der Waals surface area contributed by atoms with Crippen LogP contribution in [0.25, 0.3) is 22.2 Å². The zero-order valence-corrected chi connectivity index (χ0v) is 19.3. The lowest BCUT2D eigenvalue weighted by Crippen LogP contribution is -2.40. The number of rotatable bonds is 4. The number of carbonyl (C=O) groups excluding carboxylic acids is 2. The number of pyridine rings is 2. The third kappa shape index (κ3) is 4.62. The van der Waals surface area contributed by atoms with Crippen LogP contribution >= 0.6 is 0 Å². The minimum absolute atomic E-state index is 0.0495. The number of aromatic nitrogens is 4. The number of nitrogens with zero attached hydrogens (tertiary/aromatic N) is 5. The quantitative estimate of drug-likeness (QED) is 0.462. The standard InChI is InChI=1S/C27H24N6O2/c1-2-6-25(34)32-16-5-7-21(18-32)33-23-13-15-28-17-22(23)26(31-33)19-9-11-20(12-10-19)27(35)30-24-8-3-4-14-29-24/h3-4,8-15,17,21H,5,7,16,18H2,1H3,(H,29,30,35)/t21-/m1/s1. The topological polar surface area (TPSA) is 93.0 Å². The third-order valence-electron chi connectivity index (χ3n) is 6.10. The highest BCUT2D eigenvalue weighted by Crippen LogP contribution is 2.32. The Hall–Kier alpha value is -4.51. The first-order valence-corrected chi connectivity index (χ1v) is 11.5. The van der Waals surface area contributed by atoms with Gasteiger partial charge in [0.05, 0.1) is 11.6 Å². The number of anilines is 1. The lowest BCUT2D eigenvalue weighted by molar-refractivity contribution is -0.126. The van der Waals surface area contributed by atoms with Crippen molar-refractivity contribution in [3.05, 3.63) is 72.7 Å². The smallest absolute Gasteiger partial charge is 0.298 e. The van der Waals surface area contributed by atoms with E-state index in [1.54, 1.807) is 48.5 Å². The van der Waals surface area contributed by atoms with E-state index in [-0.39, 0.29) is 17.9 Å². The van der Waals surface area contributed by atoms with E-state index < -0.39 is 0 Å². The summed E-state index contributed by atoms with van der Waals surface area (Å²) < 4.78 is 2.01. The second kappa shape index (κ2) is 9.77. The van der Waals surface area contributed by atoms with Crippen LogP contribution < -0.4 is 5.32 Å². The van der Waals surface area contributed by atoms with Gasteiger partial charge in [0.1, 0.15) is 11.5 Å². The molecule has 0 saturated carbocycles. The fourth-order valence-corrected chi connectivity index (χ4v) is 4.41. The molecule has 1 aliphatic heterocycles. The Morgan fingerprint density at radius 1 is 1.09 bits per heavy atom. The zero-order chi connectivity index (χ0) is 24.2. The molecule has 4 aromatic rings. The number of piperidine rings is 1. The molecule has 3 aromatic heterocycles. The monoisotopic (exact) mass is 464 g/mol. The fourth-order valence-electron chi connectivity index (χ4n) is 4.41. The highest BCUT2D eigenvalue weighted by Gasteiger charge is 2.27. The Balaban J connectivity index is 1.43. The van der Waals surface area contributed by atoms with Gasteiger partial charge in [0, 0.05) is 48.2 Å². The van der Waals surface area contributed by atoms with Gasteiger partial charge >= 0.3 is 0 Å². The molecule has 0 aliphatic carbocycles. The van der Waals surface area contributed by atoms with E-state index in [1.165, 1.54) is 0 Å². The van der Waals surface area contributed by atoms with E-state index in [0.717, 1.165) is 35.0 Å². The average Bonchev–Trinajstić information content (AvgIpc) is 3.29. The summed E-state index contributed by atoms with van der Waals surface area (Å²) in [6.45, 7) is 2.95. The molecule has 1 aromatic carbocycles. The molecule has 1 atom stereocenters. The SMILES string of the molecule is CC#CC(=O)N1CCC[C@@H](n2nc(-c3ccc(C(=O)Nc4ccccn4)cc3)c3cnccc32)C1. The summed E-state index contributed by atoms with van der Waals surface area (Å²) >= 11 is 0. The summed E-state index contributed by atoms with van der Waals surface area (Å²) in [4.78, 5) is 35.2. The van der Waals surface area contributed by atoms with Gasteiger partial charge in [-0.05, 0) is 56.0 Å². The molecule has 4 heterocycles. The zero-order valence-electron chi connectivity index (χ0n) is 19.3. The summed E-state index contributed by atoms with van der Waals surface area (Å²) in [7, 11) is 0. The molecule has 174 valence electrons. The van der Waals surface area contributed by atoms with E-state index in [9.17, 15) is 9.59 Å². The van der Waals surface area contributed by atoms with Gasteiger partial charge in [0.2, 0.25) is 0 Å². The molecular weight excluding hydrogens is 440 g/mol. The molecule has 1 N–H and O–H groups in total. The maximum atomic E-state index is 12.6. The van der Waals surface area contributed by atoms with Crippen LogP contribution in [0.1, 0.15) is 36.2 Å². The molecule has 1 fully saturated rings. The number of nitrogens with one attached hydrogen (secondary N) is 1. The lowest BCUT2D eigenvalue weighted by atomic mass is 10.1. The minimum Gasteiger partial charge on any atom is -0.330 e. The second-order valence-corrected chi connectivity index (χ2v) is 8.35. The third-order valence-corrected chi connectivity index (χ3v) is 6.10. The molecule has 8 heteroatoms. The van der Waals surface area contributed by atoms with Crippen LogP contribution in [-0.4, -0.2) is 49.6 Å². The Kier molecular flexibility index (Phi) is 6.22. The van der Waals surface area contributed by atoms with Crippen LogP contribution in [0.15, 0.2) is 67.1 Å². The summed E-state index contributed by atoms with van der Waals surface area (Å²) in [6.07, 6.45) is 7.01. The molecular formula is C27H24N6O2. The molecule has 35 heavy (non-hydrogen) atoms. The lowest BCUT2D eigenvalue weighted by Gasteiger charge is -2.32. The van der Waals surface area contributed by atoms with Crippen molar-refractivity contribution >= 4 is 28.5 Å². The highest BCUT2D eigenvalue weighted by atomic mass is 16.2. The Morgan fingerprint density at radius 2 is 1.94 bits per heavy atom. The van der Waals surface area contributed by atoms with Crippen molar-refractivity contribution < 1.29 is 9.59 Å². The van der Waals surface area contributed by atoms with Crippen molar-refractivity contribution in [1.82, 2.24) is 24.6 Å². The van der Waals surface area contributed by atoms with Crippen molar-refractivity contribution in [2.24, 2.45) is 0 Å². The first kappa shape index (κ1) is 22.3. The van der Waals surface area contributed by atoms with E-state index in [0.29, 0.717) is 24.5 Å². The van der Waals surface area contributed by atoms with Crippen molar-refractivity contribution in [3.63, 3.8) is 0 Å². The van der Waals surface area contributed by atoms with E-state index in [2.05, 4.69) is 27.1 Å². The number of likely N-dealkylation sites (tertiary alicyclic amines) is 1. The predicted octanol–water partition coefficient (Wildman–Crippen LogP) is 3.93. The van der Waals surface area contributed by atoms with Crippen LogP contribution in [0.5, 0.6) is 0 Å². The largest absolute Gasteiger partial charge is 0.330 e. The van der Waals surface area contributed by atoms with Crippen LogP contribution in [0.3, 0.4) is 0 Å². The van der Waals surface area contributed by atoms with Gasteiger partial charge in [0.15, 0.2) is 0 Å². The van der Waals surface area contributed by atoms with E-state index in [1.807, 2.05) is 35.1 Å². The Labute approximate surface area is 203 Å². The fraction of sp³-hybridized carbons (Fsp3) is 0.222. The molecule has 0 spiro atoms. The van der Waals surface area contributed by atoms with Crippen LogP contribution in [0.4, 0.5) is 5.82 Å². The van der Waals surface area contributed by atoms with Gasteiger partial charge in [0.25, 0.3) is 11.8 Å². The summed E-state index contributed by atoms with van der Waals surface area (Å²) in [5, 5.41) is 8.68. The summed E-state index contributed by atoms with van der Waals surface area (Å²) in [6, 6.07) is 14.7. The minimum atomic E-state index is -0.227. The molecule has 5 rings (SSSR count). The average molecular weight is 465 g/mol. The molecule has 0 unspecified atom stereocenters. The van der Waals surface area contributed by atoms with Crippen LogP contribution in [-0.2, 0) is 4.79 Å². The van der Waals surface area contributed by atoms with Crippen molar-refractivity contribution in [2.45, 2.75) is 25.8 Å². The maximum absolute atomic E-state index is 12.6. The Morgan fingerprint density at radius 3 is 2.71 bits per heavy atom. The highest BCUT2D eigenvalue weighted by molar-refractivity contribution is 6.04. The summed E-state index contributed by atoms with van der Waals surface area (Å²) in [5.41, 5.74) is 3.17. The van der Waals surface area contributed by atoms with Crippen molar-refractivity contribution in [2.75, 3.05) is 18.4 Å². The molecule has 8 nitrogen and oxygen atoms in total. The van der Waals surface area contributed by atoms with Gasteiger partial charge in [-0.15, -0.1) is 0 Å². The van der Waals surface area contributed by atoms with Gasteiger partial charge in [-0.2, -0.15) is 5.10 Å². The second-order valence-electron chi connectivity index (χ2n) is 8.35. The van der Waals surface area contributed by atoms with Gasteiger partial charge in [-0.1, -0.05) is 24.1 Å². The number of fused-ring (bicyclic) bond motifs is 1. The number of amides is 2. The first-order chi connectivity index (χ1) is 17.1. The molecule has 0 radical (unpaired) electrons. The number of benzene rings is 1. The van der Waals surface area contributed by atoms with Crippen LogP contribution in [0.2, 0.25) is 0 Å². The number of carbonyl (C=O) groups is 2. The molecule has 0 bridgehead atoms. The molecule has 2 amide bonds. The molecule has 1 aliphatic rings. The van der Waals surface area contributed by atoms with Gasteiger partial charge in [-0.3, -0.25) is 19.3 Å². The van der Waals surface area contributed by atoms with Gasteiger partial charge < -0.3 is 10.2 Å². The van der Waals surface area contributed by atoms with Crippen molar-refractivity contribution in [3.8, 4) is 23.1 Å².